The number of aromatic nitrogens is 2. The van der Waals surface area contributed by atoms with Crippen LogP contribution in [0.5, 0.6) is 0 Å². The Labute approximate surface area is 210 Å². The maximum atomic E-state index is 12.9. The Morgan fingerprint density at radius 1 is 0.972 bits per heavy atom. The van der Waals surface area contributed by atoms with Crippen LogP contribution in [0.4, 0.5) is 11.6 Å². The van der Waals surface area contributed by atoms with Crippen molar-refractivity contribution in [3.63, 3.8) is 0 Å². The van der Waals surface area contributed by atoms with Gasteiger partial charge in [0.2, 0.25) is 16.0 Å². The lowest BCUT2D eigenvalue weighted by atomic mass is 10.0. The number of carbonyl (C=O) groups is 1. The first-order valence-electron chi connectivity index (χ1n) is 11.4. The van der Waals surface area contributed by atoms with Crippen molar-refractivity contribution < 1.29 is 21.6 Å². The van der Waals surface area contributed by atoms with Gasteiger partial charge in [-0.05, 0) is 80.3 Å². The van der Waals surface area contributed by atoms with Gasteiger partial charge in [0.15, 0.2) is 0 Å². The molecule has 1 fully saturated rings. The molecule has 1 aromatic heterocycles. The first-order valence-corrected chi connectivity index (χ1v) is 14.3. The Balaban J connectivity index is 1.42. The van der Waals surface area contributed by atoms with Gasteiger partial charge in [-0.2, -0.15) is 4.31 Å². The number of amides is 1. The van der Waals surface area contributed by atoms with Gasteiger partial charge >= 0.3 is 0 Å². The van der Waals surface area contributed by atoms with Crippen LogP contribution in [0, 0.1) is 12.8 Å². The third-order valence-corrected chi connectivity index (χ3v) is 9.04. The lowest BCUT2D eigenvalue weighted by Gasteiger charge is -2.30. The number of sulfonamides is 2. The number of aryl methyl sites for hydroxylation is 1. The smallest absolute Gasteiger partial charge is 0.264 e. The highest BCUT2D eigenvalue weighted by molar-refractivity contribution is 7.92. The number of nitrogens with zero attached hydrogens (tertiary/aromatic N) is 3. The minimum Gasteiger partial charge on any atom is -0.322 e. The fraction of sp³-hybridized carbons (Fsp3) is 0.292. The maximum absolute atomic E-state index is 12.9. The highest BCUT2D eigenvalue weighted by Crippen LogP contribution is 2.24. The minimum atomic E-state index is -3.91. The number of benzene rings is 2. The number of rotatable bonds is 7. The summed E-state index contributed by atoms with van der Waals surface area (Å²) in [4.78, 5) is 20.7. The fourth-order valence-corrected chi connectivity index (χ4v) is 6.44. The van der Waals surface area contributed by atoms with Crippen molar-refractivity contribution in [2.24, 2.45) is 5.92 Å². The first-order chi connectivity index (χ1) is 17.0. The lowest BCUT2D eigenvalue weighted by molar-refractivity contribution is 0.102. The van der Waals surface area contributed by atoms with Crippen LogP contribution in [0.15, 0.2) is 70.6 Å². The molecule has 10 nitrogen and oxygen atoms in total. The summed E-state index contributed by atoms with van der Waals surface area (Å²) in [7, 11) is -7.52. The molecule has 1 aliphatic heterocycles. The third-order valence-electron chi connectivity index (χ3n) is 5.82. The zero-order valence-electron chi connectivity index (χ0n) is 19.9. The Hall–Kier alpha value is -3.35. The summed E-state index contributed by atoms with van der Waals surface area (Å²) in [6, 6.07) is 13.0. The molecule has 1 unspecified atom stereocenters. The monoisotopic (exact) mass is 529 g/mol. The molecule has 2 N–H and O–H groups in total. The van der Waals surface area contributed by atoms with E-state index in [1.807, 2.05) is 6.92 Å². The van der Waals surface area contributed by atoms with Gasteiger partial charge < -0.3 is 5.32 Å². The molecule has 0 bridgehead atoms. The van der Waals surface area contributed by atoms with Crippen molar-refractivity contribution in [2.45, 2.75) is 36.5 Å². The number of hydrogen-bond donors (Lipinski definition) is 2. The Bertz CT molecular complexity index is 1460. The van der Waals surface area contributed by atoms with E-state index in [4.69, 9.17) is 0 Å². The summed E-state index contributed by atoms with van der Waals surface area (Å²) < 4.78 is 54.8. The molecule has 3 aromatic rings. The average molecular weight is 530 g/mol. The molecule has 0 spiro atoms. The van der Waals surface area contributed by atoms with E-state index < -0.39 is 26.0 Å². The van der Waals surface area contributed by atoms with Crippen molar-refractivity contribution in [1.29, 1.82) is 0 Å². The van der Waals surface area contributed by atoms with Gasteiger partial charge in [0.1, 0.15) is 0 Å². The van der Waals surface area contributed by atoms with Gasteiger partial charge in [-0.25, -0.2) is 31.5 Å². The van der Waals surface area contributed by atoms with E-state index in [1.165, 1.54) is 59.0 Å². The molecule has 4 rings (SSSR count). The van der Waals surface area contributed by atoms with Crippen LogP contribution >= 0.6 is 0 Å². The number of carbonyl (C=O) groups excluding carboxylic acids is 1. The summed E-state index contributed by atoms with van der Waals surface area (Å²) in [5.74, 6) is -0.174. The summed E-state index contributed by atoms with van der Waals surface area (Å²) in [5.41, 5.74) is 1.27. The van der Waals surface area contributed by atoms with Crippen LogP contribution in [-0.2, 0) is 20.0 Å². The molecule has 2 heterocycles. The number of piperidine rings is 1. The second-order valence-corrected chi connectivity index (χ2v) is 12.4. The highest BCUT2D eigenvalue weighted by Gasteiger charge is 2.28. The number of hydrogen-bond acceptors (Lipinski definition) is 7. The largest absolute Gasteiger partial charge is 0.322 e. The molecule has 36 heavy (non-hydrogen) atoms. The summed E-state index contributed by atoms with van der Waals surface area (Å²) >= 11 is 0. The van der Waals surface area contributed by atoms with Gasteiger partial charge in [0.05, 0.1) is 9.79 Å². The van der Waals surface area contributed by atoms with Crippen LogP contribution in [0.2, 0.25) is 0 Å². The third kappa shape index (κ3) is 5.89. The van der Waals surface area contributed by atoms with Crippen molar-refractivity contribution >= 4 is 37.6 Å². The summed E-state index contributed by atoms with van der Waals surface area (Å²) in [6.45, 7) is 4.74. The van der Waals surface area contributed by atoms with E-state index in [2.05, 4.69) is 20.0 Å². The van der Waals surface area contributed by atoms with E-state index in [0.717, 1.165) is 12.8 Å². The van der Waals surface area contributed by atoms with Gasteiger partial charge in [0, 0.05) is 36.2 Å². The Morgan fingerprint density at radius 2 is 1.64 bits per heavy atom. The van der Waals surface area contributed by atoms with Crippen molar-refractivity contribution in [2.75, 3.05) is 23.1 Å². The van der Waals surface area contributed by atoms with Crippen molar-refractivity contribution in [1.82, 2.24) is 14.3 Å². The van der Waals surface area contributed by atoms with Crippen molar-refractivity contribution in [3.8, 4) is 0 Å². The normalized spacial score (nSPS) is 16.9. The molecule has 1 atom stereocenters. The van der Waals surface area contributed by atoms with Gasteiger partial charge in [0.25, 0.3) is 15.9 Å². The van der Waals surface area contributed by atoms with Crippen LogP contribution in [0.1, 0.15) is 35.8 Å². The quantitative estimate of drug-likeness (QED) is 0.479. The van der Waals surface area contributed by atoms with E-state index in [-0.39, 0.29) is 21.3 Å². The SMILES string of the molecule is Cc1ccnc(NS(=O)(=O)c2ccc(NC(=O)c3ccc(S(=O)(=O)N4CCCC(C)C4)cc3)cc2)n1. The zero-order chi connectivity index (χ0) is 25.9. The lowest BCUT2D eigenvalue weighted by Crippen LogP contribution is -2.39. The number of nitrogens with one attached hydrogen (secondary N) is 2. The minimum absolute atomic E-state index is 0.0211. The second kappa shape index (κ2) is 10.3. The molecule has 0 aliphatic carbocycles. The molecule has 0 saturated carbocycles. The molecule has 190 valence electrons. The first kappa shape index (κ1) is 25.7. The average Bonchev–Trinajstić information content (AvgIpc) is 2.84. The van der Waals surface area contributed by atoms with Crippen molar-refractivity contribution in [3.05, 3.63) is 72.1 Å². The zero-order valence-corrected chi connectivity index (χ0v) is 21.5. The summed E-state index contributed by atoms with van der Waals surface area (Å²) in [5, 5.41) is 2.68. The summed E-state index contributed by atoms with van der Waals surface area (Å²) in [6.07, 6.45) is 3.29. The van der Waals surface area contributed by atoms with Gasteiger partial charge in [-0.15, -0.1) is 0 Å². The van der Waals surface area contributed by atoms with Crippen LogP contribution in [0.3, 0.4) is 0 Å². The maximum Gasteiger partial charge on any atom is 0.264 e. The highest BCUT2D eigenvalue weighted by atomic mass is 32.2. The topological polar surface area (TPSA) is 138 Å². The van der Waals surface area contributed by atoms with E-state index in [1.54, 1.807) is 13.0 Å². The molecule has 12 heteroatoms. The standard InChI is InChI=1S/C24H27N5O5S2/c1-17-4-3-15-29(16-17)36(33,34)22-9-5-19(6-10-22)23(30)27-20-7-11-21(12-8-20)35(31,32)28-24-25-14-13-18(2)26-24/h5-14,17H,3-4,15-16H2,1-2H3,(H,27,30)(H,25,26,28). The number of anilines is 2. The molecule has 1 saturated heterocycles. The molecular weight excluding hydrogens is 502 g/mol. The Kier molecular flexibility index (Phi) is 7.38. The molecule has 0 radical (unpaired) electrons. The molecular formula is C24H27N5O5S2. The van der Waals surface area contributed by atoms with E-state index >= 15 is 0 Å². The fourth-order valence-electron chi connectivity index (χ4n) is 3.89. The van der Waals surface area contributed by atoms with Gasteiger partial charge in [-0.3, -0.25) is 4.79 Å². The van der Waals surface area contributed by atoms with Crippen LogP contribution < -0.4 is 10.0 Å². The van der Waals surface area contributed by atoms with E-state index in [9.17, 15) is 21.6 Å². The van der Waals surface area contributed by atoms with Crippen LogP contribution in [0.25, 0.3) is 0 Å². The molecule has 1 aliphatic rings. The predicted octanol–water partition coefficient (Wildman–Crippen LogP) is 3.26. The second-order valence-electron chi connectivity index (χ2n) is 8.74. The molecule has 2 aromatic carbocycles. The molecule has 1 amide bonds. The van der Waals surface area contributed by atoms with Gasteiger partial charge in [-0.1, -0.05) is 6.92 Å². The Morgan fingerprint density at radius 3 is 2.28 bits per heavy atom. The predicted molar refractivity (Wildman–Crippen MR) is 136 cm³/mol. The van der Waals surface area contributed by atoms with E-state index in [0.29, 0.717) is 30.4 Å². The van der Waals surface area contributed by atoms with Crippen LogP contribution in [-0.4, -0.2) is 50.1 Å².